The molecule has 0 atom stereocenters. The highest BCUT2D eigenvalue weighted by Crippen LogP contribution is 2.20. The Kier molecular flexibility index (Phi) is 0.988. The van der Waals surface area contributed by atoms with Crippen molar-refractivity contribution >= 4 is 17.0 Å². The van der Waals surface area contributed by atoms with Crippen LogP contribution in [0.5, 0.6) is 0 Å². The monoisotopic (exact) mass is 100 g/mol. The maximum absolute atomic E-state index is 5.53. The van der Waals surface area contributed by atoms with Crippen molar-refractivity contribution in [1.82, 2.24) is 0 Å². The van der Waals surface area contributed by atoms with Gasteiger partial charge in [0, 0.05) is 0 Å². The highest BCUT2D eigenvalue weighted by Gasteiger charge is 2.15. The first-order chi connectivity index (χ1) is 2.79. The van der Waals surface area contributed by atoms with Crippen LogP contribution in [-0.4, -0.2) is 18.0 Å². The van der Waals surface area contributed by atoms with Gasteiger partial charge >= 0.3 is 0 Å². The topological polar surface area (TPSA) is 0 Å². The summed E-state index contributed by atoms with van der Waals surface area (Å²) in [7, 11) is 0.0430. The molecule has 0 aromatic rings. The average Bonchev–Trinajstić information content (AvgIpc) is 1.33. The van der Waals surface area contributed by atoms with Gasteiger partial charge in [-0.25, -0.2) is 10.3 Å². The predicted octanol–water partition coefficient (Wildman–Crippen LogP) is 0.793. The van der Waals surface area contributed by atoms with Crippen LogP contribution in [0.3, 0.4) is 0 Å². The zero-order chi connectivity index (χ0) is 4.57. The molecule has 0 spiro atoms. The Morgan fingerprint density at radius 1 is 1.67 bits per heavy atom. The van der Waals surface area contributed by atoms with Crippen LogP contribution in [0.2, 0.25) is 6.82 Å². The minimum absolute atomic E-state index is 0.0430. The van der Waals surface area contributed by atoms with Gasteiger partial charge in [0.15, 0.2) is 6.71 Å². The number of hydrogen-bond acceptors (Lipinski definition) is 0. The lowest BCUT2D eigenvalue weighted by molar-refractivity contribution is 1.73. The molecule has 1 fully saturated rings. The molecule has 0 aliphatic carbocycles. The zero-order valence-corrected chi connectivity index (χ0v) is 4.91. The van der Waals surface area contributed by atoms with Crippen molar-refractivity contribution < 1.29 is 0 Å². The van der Waals surface area contributed by atoms with Crippen molar-refractivity contribution in [2.75, 3.05) is 11.3 Å². The Labute approximate surface area is 41.6 Å². The lowest BCUT2D eigenvalue weighted by Gasteiger charge is -2.20. The van der Waals surface area contributed by atoms with Crippen LogP contribution in [0.25, 0.3) is 0 Å². The van der Waals surface area contributed by atoms with Gasteiger partial charge in [-0.2, -0.15) is 0 Å². The van der Waals surface area contributed by atoms with Crippen molar-refractivity contribution in [3.05, 3.63) is 0 Å². The van der Waals surface area contributed by atoms with E-state index in [0.717, 1.165) is 6.71 Å². The fourth-order valence-corrected chi connectivity index (χ4v) is 2.24. The predicted molar refractivity (Wildman–Crippen MR) is 35.3 cm³/mol. The van der Waals surface area contributed by atoms with Gasteiger partial charge < -0.3 is 0 Å². The van der Waals surface area contributed by atoms with E-state index in [0.29, 0.717) is 0 Å². The van der Waals surface area contributed by atoms with Crippen molar-refractivity contribution in [3.63, 3.8) is 0 Å². The maximum atomic E-state index is 5.53. The molecule has 6 heavy (non-hydrogen) atoms. The zero-order valence-electron chi connectivity index (χ0n) is 4.02. The molecule has 1 rings (SSSR count). The highest BCUT2D eigenvalue weighted by atomic mass is 32.2. The standard InChI is InChI=1S/C4H9BS/c1-5-3-6(2)4-5/h2,6H,3-4H2,1H3. The fraction of sp³-hybridized carbons (Fsp3) is 0.750. The summed E-state index contributed by atoms with van der Waals surface area (Å²) < 4.78 is 0. The third-order valence-corrected chi connectivity index (χ3v) is 3.28. The van der Waals surface area contributed by atoms with Crippen LogP contribution in [-0.2, 0) is 0 Å². The van der Waals surface area contributed by atoms with E-state index in [1.807, 2.05) is 0 Å². The second-order valence-corrected chi connectivity index (χ2v) is 3.97. The molecule has 0 radical (unpaired) electrons. The third-order valence-electron chi connectivity index (χ3n) is 1.09. The average molecular weight is 100.0 g/mol. The van der Waals surface area contributed by atoms with Crippen LogP contribution in [0.4, 0.5) is 0 Å². The summed E-state index contributed by atoms with van der Waals surface area (Å²) in [5.41, 5.74) is 8.16. The Hall–Kier alpha value is 0.195. The fourth-order valence-electron chi connectivity index (χ4n) is 0.747. The van der Waals surface area contributed by atoms with Crippen molar-refractivity contribution in [3.8, 4) is 5.69 Å². The van der Waals surface area contributed by atoms with Crippen LogP contribution in [0.15, 0.2) is 0 Å². The Morgan fingerprint density at radius 2 is 2.17 bits per heavy atom. The number of thiol groups is 1. The molecule has 0 unspecified atom stereocenters. The van der Waals surface area contributed by atoms with E-state index in [-0.39, 0.29) is 10.3 Å². The van der Waals surface area contributed by atoms with E-state index >= 15 is 0 Å². The van der Waals surface area contributed by atoms with Crippen molar-refractivity contribution in [2.24, 2.45) is 0 Å². The van der Waals surface area contributed by atoms with Gasteiger partial charge in [-0.3, -0.25) is 0 Å². The molecule has 0 aromatic heterocycles. The van der Waals surface area contributed by atoms with Crippen molar-refractivity contribution in [2.45, 2.75) is 6.82 Å². The first-order valence-electron chi connectivity index (χ1n) is 2.28. The normalized spacial score (nSPS) is 23.7. The molecule has 0 aromatic carbocycles. The quantitative estimate of drug-likeness (QED) is 0.337. The Bertz CT molecular complexity index is 100. The molecule has 34 valence electrons. The second-order valence-electron chi connectivity index (χ2n) is 2.06. The summed E-state index contributed by atoms with van der Waals surface area (Å²) in [5, 5.41) is 0. The first-order valence-corrected chi connectivity index (χ1v) is 4.07. The van der Waals surface area contributed by atoms with E-state index in [4.69, 9.17) is 5.69 Å². The van der Waals surface area contributed by atoms with Crippen LogP contribution < -0.4 is 0 Å². The molecule has 0 amide bonds. The first kappa shape index (κ1) is 4.36. The summed E-state index contributed by atoms with van der Waals surface area (Å²) in [5.74, 6) is 0. The van der Waals surface area contributed by atoms with E-state index in [1.54, 1.807) is 0 Å². The van der Waals surface area contributed by atoms with Crippen molar-refractivity contribution in [1.29, 1.82) is 0 Å². The maximum Gasteiger partial charge on any atom is 0.156 e. The number of rotatable bonds is 0. The summed E-state index contributed by atoms with van der Waals surface area (Å²) in [6, 6.07) is 0. The SMILES string of the molecule is C#[SH]1CB(C)C1. The van der Waals surface area contributed by atoms with Gasteiger partial charge in [0.1, 0.15) is 0 Å². The second kappa shape index (κ2) is 1.36. The molecule has 1 aliphatic rings. The van der Waals surface area contributed by atoms with Crippen LogP contribution >= 0.6 is 10.3 Å². The van der Waals surface area contributed by atoms with E-state index < -0.39 is 0 Å². The molecule has 1 aliphatic heterocycles. The molecular formula is C4H9BS. The summed E-state index contributed by atoms with van der Waals surface area (Å²) in [6.07, 6.45) is 0. The molecule has 1 heterocycles. The van der Waals surface area contributed by atoms with Gasteiger partial charge in [-0.05, 0) is 11.3 Å². The Balaban J connectivity index is 2.34. The van der Waals surface area contributed by atoms with Gasteiger partial charge in [-0.15, -0.1) is 5.69 Å². The smallest absolute Gasteiger partial charge is 0.156 e. The lowest BCUT2D eigenvalue weighted by atomic mass is 9.56. The molecule has 1 saturated heterocycles. The number of hydrogen-bond donors (Lipinski definition) is 1. The highest BCUT2D eigenvalue weighted by molar-refractivity contribution is 8.12. The van der Waals surface area contributed by atoms with Crippen LogP contribution in [0, 0.1) is 5.69 Å². The van der Waals surface area contributed by atoms with Gasteiger partial charge in [0.2, 0.25) is 0 Å². The van der Waals surface area contributed by atoms with Gasteiger partial charge in [0.05, 0.1) is 0 Å². The molecule has 2 heteroatoms. The summed E-state index contributed by atoms with van der Waals surface area (Å²) >= 11 is 0. The minimum atomic E-state index is 0.0430. The summed E-state index contributed by atoms with van der Waals surface area (Å²) in [4.78, 5) is 0. The van der Waals surface area contributed by atoms with E-state index in [9.17, 15) is 0 Å². The largest absolute Gasteiger partial charge is 0.217 e. The van der Waals surface area contributed by atoms with Crippen LogP contribution in [0.1, 0.15) is 0 Å². The third kappa shape index (κ3) is 0.638. The summed E-state index contributed by atoms with van der Waals surface area (Å²) in [6.45, 7) is 3.20. The minimum Gasteiger partial charge on any atom is -0.217 e. The van der Waals surface area contributed by atoms with E-state index in [2.05, 4.69) is 6.82 Å². The molecule has 0 N–H and O–H groups in total. The molecule has 0 saturated carbocycles. The molecular weight excluding hydrogens is 90.9 g/mol. The van der Waals surface area contributed by atoms with Gasteiger partial charge in [0.25, 0.3) is 0 Å². The molecule has 0 bridgehead atoms. The Morgan fingerprint density at radius 3 is 2.17 bits per heavy atom. The lowest BCUT2D eigenvalue weighted by Crippen LogP contribution is -2.27. The molecule has 0 nitrogen and oxygen atoms in total. The van der Waals surface area contributed by atoms with Gasteiger partial charge in [-0.1, -0.05) is 6.82 Å². The van der Waals surface area contributed by atoms with E-state index in [1.165, 1.54) is 11.3 Å².